The van der Waals surface area contributed by atoms with Gasteiger partial charge in [-0.15, -0.1) is 0 Å². The molecule has 1 saturated heterocycles. The maximum atomic E-state index is 5.84. The van der Waals surface area contributed by atoms with E-state index in [9.17, 15) is 0 Å². The number of rotatable bonds is 4. The minimum atomic E-state index is -0.174. The minimum Gasteiger partial charge on any atom is -0.366 e. The molecule has 5 nitrogen and oxygen atoms in total. The molecule has 0 spiro atoms. The Morgan fingerprint density at radius 3 is 2.54 bits per heavy atom. The average molecular weight is 321 g/mol. The molecule has 4 rings (SSSR count). The van der Waals surface area contributed by atoms with Crippen molar-refractivity contribution in [1.29, 1.82) is 0 Å². The fourth-order valence-electron chi connectivity index (χ4n) is 2.91. The van der Waals surface area contributed by atoms with Crippen LogP contribution in [0.1, 0.15) is 17.6 Å². The normalized spacial score (nSPS) is 18.6. The molecule has 0 N–H and O–H groups in total. The molecule has 0 unspecified atom stereocenters. The summed E-state index contributed by atoms with van der Waals surface area (Å²) < 4.78 is 11.3. The highest BCUT2D eigenvalue weighted by Crippen LogP contribution is 2.24. The van der Waals surface area contributed by atoms with Crippen LogP contribution in [-0.4, -0.2) is 34.7 Å². The van der Waals surface area contributed by atoms with Gasteiger partial charge in [-0.05, 0) is 5.56 Å². The van der Waals surface area contributed by atoms with Crippen molar-refractivity contribution in [3.8, 4) is 11.4 Å². The number of ether oxygens (including phenoxy) is 1. The second-order valence-electron chi connectivity index (χ2n) is 5.90. The third-order valence-electron chi connectivity index (χ3n) is 4.15. The van der Waals surface area contributed by atoms with Crippen molar-refractivity contribution in [2.24, 2.45) is 0 Å². The lowest BCUT2D eigenvalue weighted by atomic mass is 10.2. The molecule has 1 aromatic heterocycles. The van der Waals surface area contributed by atoms with Crippen molar-refractivity contribution in [2.75, 3.05) is 19.7 Å². The largest absolute Gasteiger partial charge is 0.366 e. The van der Waals surface area contributed by atoms with Crippen LogP contribution in [0.4, 0.5) is 0 Å². The van der Waals surface area contributed by atoms with Crippen molar-refractivity contribution in [3.63, 3.8) is 0 Å². The van der Waals surface area contributed by atoms with Crippen molar-refractivity contribution in [3.05, 3.63) is 72.1 Å². The molecule has 0 amide bonds. The van der Waals surface area contributed by atoms with Gasteiger partial charge in [-0.1, -0.05) is 65.8 Å². The van der Waals surface area contributed by atoms with Crippen LogP contribution in [0.25, 0.3) is 11.4 Å². The Morgan fingerprint density at radius 2 is 1.75 bits per heavy atom. The fourth-order valence-corrected chi connectivity index (χ4v) is 2.91. The van der Waals surface area contributed by atoms with Crippen LogP contribution < -0.4 is 0 Å². The summed E-state index contributed by atoms with van der Waals surface area (Å²) >= 11 is 0. The van der Waals surface area contributed by atoms with Crippen LogP contribution in [0, 0.1) is 0 Å². The van der Waals surface area contributed by atoms with Crippen LogP contribution in [0.3, 0.4) is 0 Å². The van der Waals surface area contributed by atoms with Crippen LogP contribution >= 0.6 is 0 Å². The fraction of sp³-hybridized carbons (Fsp3) is 0.263. The first-order valence-corrected chi connectivity index (χ1v) is 8.15. The van der Waals surface area contributed by atoms with Crippen LogP contribution in [0.5, 0.6) is 0 Å². The molecular formula is C19H19N3O2. The SMILES string of the molecule is c1ccc(CN2CCO[C@H](c3nc(-c4ccccc4)no3)C2)cc1. The lowest BCUT2D eigenvalue weighted by Crippen LogP contribution is -2.37. The molecule has 2 aromatic carbocycles. The van der Waals surface area contributed by atoms with Gasteiger partial charge in [0.2, 0.25) is 5.82 Å². The van der Waals surface area contributed by atoms with Gasteiger partial charge in [-0.3, -0.25) is 4.90 Å². The molecule has 1 aliphatic rings. The number of aromatic nitrogens is 2. The van der Waals surface area contributed by atoms with Crippen LogP contribution in [0.15, 0.2) is 65.2 Å². The number of nitrogens with zero attached hydrogens (tertiary/aromatic N) is 3. The Kier molecular flexibility index (Phi) is 4.36. The zero-order valence-corrected chi connectivity index (χ0v) is 13.3. The second-order valence-corrected chi connectivity index (χ2v) is 5.90. The summed E-state index contributed by atoms with van der Waals surface area (Å²) in [6.07, 6.45) is -0.174. The first-order valence-electron chi connectivity index (χ1n) is 8.15. The summed E-state index contributed by atoms with van der Waals surface area (Å²) in [7, 11) is 0. The maximum absolute atomic E-state index is 5.84. The zero-order valence-electron chi connectivity index (χ0n) is 13.3. The lowest BCUT2D eigenvalue weighted by molar-refractivity contribution is -0.0475. The number of hydrogen-bond donors (Lipinski definition) is 0. The molecule has 1 aliphatic heterocycles. The lowest BCUT2D eigenvalue weighted by Gasteiger charge is -2.31. The molecular weight excluding hydrogens is 302 g/mol. The van der Waals surface area contributed by atoms with Crippen LogP contribution in [0.2, 0.25) is 0 Å². The monoisotopic (exact) mass is 321 g/mol. The summed E-state index contributed by atoms with van der Waals surface area (Å²) in [5.41, 5.74) is 2.25. The van der Waals surface area contributed by atoms with Crippen molar-refractivity contribution in [2.45, 2.75) is 12.6 Å². The zero-order chi connectivity index (χ0) is 16.2. The van der Waals surface area contributed by atoms with Gasteiger partial charge in [0, 0.05) is 25.2 Å². The highest BCUT2D eigenvalue weighted by molar-refractivity contribution is 5.53. The maximum Gasteiger partial charge on any atom is 0.257 e. The quantitative estimate of drug-likeness (QED) is 0.738. The van der Waals surface area contributed by atoms with Gasteiger partial charge in [-0.2, -0.15) is 4.98 Å². The molecule has 2 heterocycles. The average Bonchev–Trinajstić information content (AvgIpc) is 3.14. The molecule has 1 fully saturated rings. The minimum absolute atomic E-state index is 0.174. The molecule has 24 heavy (non-hydrogen) atoms. The van der Waals surface area contributed by atoms with Gasteiger partial charge in [0.25, 0.3) is 5.89 Å². The number of hydrogen-bond acceptors (Lipinski definition) is 5. The first-order chi connectivity index (χ1) is 11.9. The first kappa shape index (κ1) is 15.1. The van der Waals surface area contributed by atoms with E-state index in [1.807, 2.05) is 36.4 Å². The summed E-state index contributed by atoms with van der Waals surface area (Å²) in [5.74, 6) is 1.15. The summed E-state index contributed by atoms with van der Waals surface area (Å²) in [5, 5.41) is 4.09. The number of benzene rings is 2. The second kappa shape index (κ2) is 6.95. The van der Waals surface area contributed by atoms with E-state index in [1.165, 1.54) is 5.56 Å². The number of morpholine rings is 1. The van der Waals surface area contributed by atoms with E-state index in [0.29, 0.717) is 18.3 Å². The molecule has 122 valence electrons. The highest BCUT2D eigenvalue weighted by atomic mass is 16.5. The van der Waals surface area contributed by atoms with E-state index in [4.69, 9.17) is 9.26 Å². The highest BCUT2D eigenvalue weighted by Gasteiger charge is 2.27. The van der Waals surface area contributed by atoms with E-state index < -0.39 is 0 Å². The van der Waals surface area contributed by atoms with E-state index in [0.717, 1.165) is 25.2 Å². The van der Waals surface area contributed by atoms with E-state index >= 15 is 0 Å². The van der Waals surface area contributed by atoms with Gasteiger partial charge in [0.1, 0.15) is 6.10 Å². The molecule has 3 aromatic rings. The summed E-state index contributed by atoms with van der Waals surface area (Å²) in [6.45, 7) is 3.23. The smallest absolute Gasteiger partial charge is 0.257 e. The Bertz CT molecular complexity index is 774. The van der Waals surface area contributed by atoms with Gasteiger partial charge in [-0.25, -0.2) is 0 Å². The standard InChI is InChI=1S/C19H19N3O2/c1-3-7-15(8-4-1)13-22-11-12-23-17(14-22)19-20-18(21-24-19)16-9-5-2-6-10-16/h1-10,17H,11-14H2/t17-/m0/s1. The molecule has 5 heteroatoms. The van der Waals surface area contributed by atoms with E-state index in [1.54, 1.807) is 0 Å². The molecule has 0 bridgehead atoms. The molecule has 1 atom stereocenters. The topological polar surface area (TPSA) is 51.4 Å². The van der Waals surface area contributed by atoms with Crippen molar-refractivity contribution in [1.82, 2.24) is 15.0 Å². The predicted octanol–water partition coefficient (Wildman–Crippen LogP) is 3.31. The third kappa shape index (κ3) is 3.37. The molecule has 0 saturated carbocycles. The molecule has 0 radical (unpaired) electrons. The summed E-state index contributed by atoms with van der Waals surface area (Å²) in [4.78, 5) is 6.87. The van der Waals surface area contributed by atoms with Crippen molar-refractivity contribution >= 4 is 0 Å². The predicted molar refractivity (Wildman–Crippen MR) is 90.1 cm³/mol. The van der Waals surface area contributed by atoms with E-state index in [2.05, 4.69) is 39.3 Å². The Hall–Kier alpha value is -2.50. The molecule has 0 aliphatic carbocycles. The van der Waals surface area contributed by atoms with Crippen LogP contribution in [-0.2, 0) is 11.3 Å². The Morgan fingerprint density at radius 1 is 1.00 bits per heavy atom. The Labute approximate surface area is 140 Å². The van der Waals surface area contributed by atoms with Gasteiger partial charge in [0.05, 0.1) is 6.61 Å². The van der Waals surface area contributed by atoms with Crippen molar-refractivity contribution < 1.29 is 9.26 Å². The van der Waals surface area contributed by atoms with Gasteiger partial charge >= 0.3 is 0 Å². The van der Waals surface area contributed by atoms with Gasteiger partial charge in [0.15, 0.2) is 0 Å². The third-order valence-corrected chi connectivity index (χ3v) is 4.15. The van der Waals surface area contributed by atoms with E-state index in [-0.39, 0.29) is 6.10 Å². The Balaban J connectivity index is 1.45. The van der Waals surface area contributed by atoms with Gasteiger partial charge < -0.3 is 9.26 Å². The summed E-state index contributed by atoms with van der Waals surface area (Å²) in [6, 6.07) is 20.3.